The van der Waals surface area contributed by atoms with E-state index in [4.69, 9.17) is 11.6 Å². The molecule has 2 aromatic rings. The van der Waals surface area contributed by atoms with E-state index in [0.717, 1.165) is 12.0 Å². The Morgan fingerprint density at radius 1 is 1.20 bits per heavy atom. The van der Waals surface area contributed by atoms with Crippen LogP contribution in [-0.4, -0.2) is 6.04 Å². The molecule has 2 aromatic carbocycles. The molecule has 0 heterocycles. The second kappa shape index (κ2) is 5.55. The van der Waals surface area contributed by atoms with Crippen LogP contribution in [0.4, 0.5) is 4.39 Å². The number of halogens is 2. The van der Waals surface area contributed by atoms with E-state index in [1.165, 1.54) is 17.7 Å². The molecule has 0 aliphatic heterocycles. The first kappa shape index (κ1) is 13.6. The van der Waals surface area contributed by atoms with Crippen molar-refractivity contribution in [2.75, 3.05) is 0 Å². The van der Waals surface area contributed by atoms with Crippen molar-refractivity contribution in [3.8, 4) is 0 Å². The number of hydrogen-bond donors (Lipinski definition) is 1. The molecule has 1 saturated carbocycles. The first-order chi connectivity index (χ1) is 9.65. The highest BCUT2D eigenvalue weighted by molar-refractivity contribution is 6.31. The van der Waals surface area contributed by atoms with Gasteiger partial charge in [-0.3, -0.25) is 0 Å². The maximum atomic E-state index is 13.1. The molecule has 1 N–H and O–H groups in total. The minimum absolute atomic E-state index is 0.127. The van der Waals surface area contributed by atoms with Gasteiger partial charge >= 0.3 is 0 Å². The van der Waals surface area contributed by atoms with E-state index in [1.54, 1.807) is 6.07 Å². The van der Waals surface area contributed by atoms with Gasteiger partial charge in [-0.05, 0) is 36.6 Å². The van der Waals surface area contributed by atoms with Crippen LogP contribution < -0.4 is 5.32 Å². The van der Waals surface area contributed by atoms with Crippen molar-refractivity contribution in [1.29, 1.82) is 0 Å². The predicted octanol–water partition coefficient (Wildman–Crippen LogP) is 4.69. The Bertz CT molecular complexity index is 599. The number of hydrogen-bond acceptors (Lipinski definition) is 1. The fourth-order valence-corrected chi connectivity index (χ4v) is 3.04. The van der Waals surface area contributed by atoms with Gasteiger partial charge in [-0.1, -0.05) is 48.0 Å². The van der Waals surface area contributed by atoms with Gasteiger partial charge in [0, 0.05) is 23.0 Å². The molecule has 3 unspecified atom stereocenters. The zero-order valence-corrected chi connectivity index (χ0v) is 12.1. The number of rotatable bonds is 4. The molecular weight excluding hydrogens is 273 g/mol. The summed E-state index contributed by atoms with van der Waals surface area (Å²) in [5, 5.41) is 4.06. The van der Waals surface area contributed by atoms with E-state index < -0.39 is 0 Å². The van der Waals surface area contributed by atoms with E-state index >= 15 is 0 Å². The second-order valence-electron chi connectivity index (χ2n) is 5.41. The predicted molar refractivity (Wildman–Crippen MR) is 80.5 cm³/mol. The van der Waals surface area contributed by atoms with Crippen LogP contribution in [0.5, 0.6) is 0 Å². The first-order valence-corrected chi connectivity index (χ1v) is 7.29. The summed E-state index contributed by atoms with van der Waals surface area (Å²) in [6.07, 6.45) is 1.15. The molecule has 1 nitrogen and oxygen atoms in total. The Hall–Kier alpha value is -1.38. The van der Waals surface area contributed by atoms with Crippen LogP contribution in [0.1, 0.15) is 36.4 Å². The lowest BCUT2D eigenvalue weighted by molar-refractivity contribution is 0.560. The van der Waals surface area contributed by atoms with Crippen LogP contribution in [0.15, 0.2) is 48.5 Å². The van der Waals surface area contributed by atoms with Crippen LogP contribution in [0.2, 0.25) is 5.02 Å². The molecular formula is C17H17ClFN. The third-order valence-corrected chi connectivity index (χ3v) is 4.24. The summed E-state index contributed by atoms with van der Waals surface area (Å²) in [5.41, 5.74) is 2.33. The van der Waals surface area contributed by atoms with Crippen LogP contribution in [0.25, 0.3) is 0 Å². The summed E-state index contributed by atoms with van der Waals surface area (Å²) in [6, 6.07) is 15.7. The van der Waals surface area contributed by atoms with E-state index in [2.05, 4.69) is 36.5 Å². The Morgan fingerprint density at radius 3 is 2.65 bits per heavy atom. The lowest BCUT2D eigenvalue weighted by Crippen LogP contribution is -2.22. The van der Waals surface area contributed by atoms with Gasteiger partial charge in [-0.25, -0.2) is 4.39 Å². The van der Waals surface area contributed by atoms with Gasteiger partial charge < -0.3 is 5.32 Å². The molecule has 3 rings (SSSR count). The van der Waals surface area contributed by atoms with Gasteiger partial charge in [0.2, 0.25) is 0 Å². The van der Waals surface area contributed by atoms with Crippen molar-refractivity contribution in [3.05, 3.63) is 70.5 Å². The van der Waals surface area contributed by atoms with E-state index in [-0.39, 0.29) is 11.9 Å². The molecule has 0 radical (unpaired) electrons. The summed E-state index contributed by atoms with van der Waals surface area (Å²) in [7, 11) is 0. The topological polar surface area (TPSA) is 12.0 Å². The Morgan fingerprint density at radius 2 is 1.95 bits per heavy atom. The maximum Gasteiger partial charge on any atom is 0.124 e. The summed E-state index contributed by atoms with van der Waals surface area (Å²) in [4.78, 5) is 0. The highest BCUT2D eigenvalue weighted by Crippen LogP contribution is 2.42. The van der Waals surface area contributed by atoms with E-state index in [0.29, 0.717) is 17.0 Å². The van der Waals surface area contributed by atoms with Gasteiger partial charge in [0.25, 0.3) is 0 Å². The summed E-state index contributed by atoms with van der Waals surface area (Å²) in [5.74, 6) is 0.289. The summed E-state index contributed by atoms with van der Waals surface area (Å²) in [6.45, 7) is 2.07. The fraction of sp³-hybridized carbons (Fsp3) is 0.294. The SMILES string of the molecule is CC(NC1CC1c1ccccc1)c1ccc(F)cc1Cl. The smallest absolute Gasteiger partial charge is 0.124 e. The van der Waals surface area contributed by atoms with Crippen molar-refractivity contribution >= 4 is 11.6 Å². The van der Waals surface area contributed by atoms with E-state index in [1.807, 2.05) is 6.07 Å². The van der Waals surface area contributed by atoms with Crippen molar-refractivity contribution in [2.45, 2.75) is 31.3 Å². The zero-order chi connectivity index (χ0) is 14.1. The average Bonchev–Trinajstić information content (AvgIpc) is 3.18. The molecule has 1 fully saturated rings. The van der Waals surface area contributed by atoms with Crippen LogP contribution >= 0.6 is 11.6 Å². The number of nitrogens with one attached hydrogen (secondary N) is 1. The third kappa shape index (κ3) is 2.87. The Kier molecular flexibility index (Phi) is 3.77. The molecule has 104 valence electrons. The first-order valence-electron chi connectivity index (χ1n) is 6.91. The van der Waals surface area contributed by atoms with E-state index in [9.17, 15) is 4.39 Å². The monoisotopic (exact) mass is 289 g/mol. The van der Waals surface area contributed by atoms with Gasteiger partial charge in [0.15, 0.2) is 0 Å². The van der Waals surface area contributed by atoms with Crippen LogP contribution in [0.3, 0.4) is 0 Å². The zero-order valence-electron chi connectivity index (χ0n) is 11.3. The van der Waals surface area contributed by atoms with Crippen LogP contribution in [0, 0.1) is 5.82 Å². The molecule has 0 amide bonds. The van der Waals surface area contributed by atoms with Crippen molar-refractivity contribution < 1.29 is 4.39 Å². The maximum absolute atomic E-state index is 13.1. The molecule has 0 aromatic heterocycles. The lowest BCUT2D eigenvalue weighted by atomic mass is 10.1. The van der Waals surface area contributed by atoms with Crippen LogP contribution in [-0.2, 0) is 0 Å². The molecule has 3 atom stereocenters. The van der Waals surface area contributed by atoms with Crippen molar-refractivity contribution in [2.24, 2.45) is 0 Å². The third-order valence-electron chi connectivity index (χ3n) is 3.91. The normalized spacial score (nSPS) is 22.6. The summed E-state index contributed by atoms with van der Waals surface area (Å²) < 4.78 is 13.1. The molecule has 0 saturated heterocycles. The Balaban J connectivity index is 1.65. The molecule has 0 spiro atoms. The Labute approximate surface area is 123 Å². The van der Waals surface area contributed by atoms with Crippen molar-refractivity contribution in [1.82, 2.24) is 5.32 Å². The highest BCUT2D eigenvalue weighted by Gasteiger charge is 2.38. The molecule has 0 bridgehead atoms. The standard InChI is InChI=1S/C17H17ClFN/c1-11(14-8-7-13(19)9-16(14)18)20-17-10-15(17)12-5-3-2-4-6-12/h2-9,11,15,17,20H,10H2,1H3. The van der Waals surface area contributed by atoms with Crippen molar-refractivity contribution in [3.63, 3.8) is 0 Å². The molecule has 20 heavy (non-hydrogen) atoms. The van der Waals surface area contributed by atoms with Gasteiger partial charge in [0.1, 0.15) is 5.82 Å². The highest BCUT2D eigenvalue weighted by atomic mass is 35.5. The average molecular weight is 290 g/mol. The number of benzene rings is 2. The van der Waals surface area contributed by atoms with Gasteiger partial charge in [-0.15, -0.1) is 0 Å². The minimum atomic E-state index is -0.292. The van der Waals surface area contributed by atoms with Gasteiger partial charge in [0.05, 0.1) is 0 Å². The molecule has 3 heteroatoms. The largest absolute Gasteiger partial charge is 0.307 e. The minimum Gasteiger partial charge on any atom is -0.307 e. The summed E-state index contributed by atoms with van der Waals surface area (Å²) >= 11 is 6.10. The molecule has 1 aliphatic carbocycles. The van der Waals surface area contributed by atoms with Gasteiger partial charge in [-0.2, -0.15) is 0 Å². The lowest BCUT2D eigenvalue weighted by Gasteiger charge is -2.16. The molecule has 1 aliphatic rings. The fourth-order valence-electron chi connectivity index (χ4n) is 2.71. The quantitative estimate of drug-likeness (QED) is 0.861. The second-order valence-corrected chi connectivity index (χ2v) is 5.82.